The van der Waals surface area contributed by atoms with Crippen LogP contribution in [-0.4, -0.2) is 13.7 Å². The largest absolute Gasteiger partial charge is 0.309 e. The Morgan fingerprint density at radius 1 is 0.106 bits per heavy atom. The molecule has 3 heterocycles. The molecule has 3 aromatic heterocycles. The standard InChI is InChI=1S/C50H33N.C45H31N.C44H29N/c1-4-14-34(15-5-1)38-26-30-47-45(32-38)46-33-39(35-16-6-2-7-17-35)27-31-48(46)51(47)40-28-24-37(25-29-40)50-43-22-12-10-20-41(43)49(36-18-8-3-9-19-36)42-21-11-13-23-44(42)50;1-30-20-26-39-41(28-30)45(32-14-6-3-7-15-32)38-18-9-8-17-37(38)44(39)33-21-24-35(25-22-33)46-42-19-11-10-16-36(42)40-29-34(23-27-43(40)46)31-12-4-2-5-13-31;1-3-13-30(14-4-1)33-25-28-42-40(29-33)35-17-11-12-22-41(35)45(42)34-26-23-32(24-27-34)44-38-20-9-7-18-36(38)43(31-15-5-2-6-16-31)37-19-8-10-21-39(37)44/h1-33H;2-29H,1H3;1-29H. The number of benzene rings is 25. The number of hydrogen-bond acceptors (Lipinski definition) is 0. The normalized spacial score (nSPS) is 11.6. The van der Waals surface area contributed by atoms with Gasteiger partial charge in [-0.25, -0.2) is 0 Å². The predicted octanol–water partition coefficient (Wildman–Crippen LogP) is 38.2. The molecule has 0 N–H and O–H groups in total. The first kappa shape index (κ1) is 84.0. The van der Waals surface area contributed by atoms with Crippen LogP contribution in [0.1, 0.15) is 5.56 Å². The molecule has 0 saturated heterocycles. The summed E-state index contributed by atoms with van der Waals surface area (Å²) in [6, 6.07) is 199. The monoisotopic (exact) mass is 1800 g/mol. The Morgan fingerprint density at radius 3 is 0.514 bits per heavy atom. The van der Waals surface area contributed by atoms with Gasteiger partial charge in [-0.15, -0.1) is 0 Å². The molecule has 0 spiro atoms. The Kier molecular flexibility index (Phi) is 21.2. The maximum absolute atomic E-state index is 2.42. The Hall–Kier alpha value is -18.5. The van der Waals surface area contributed by atoms with Crippen LogP contribution in [0.4, 0.5) is 0 Å². The highest BCUT2D eigenvalue weighted by atomic mass is 15.0. The third kappa shape index (κ3) is 14.8. The number of aromatic nitrogens is 3. The average molecular weight is 1810 g/mol. The predicted molar refractivity (Wildman–Crippen MR) is 606 cm³/mol. The SMILES string of the molecule is Cc1ccc2c(-c3ccc(-n4c5ccccc5c5cc(-c6ccccc6)ccc54)cc3)c3ccccc3c(-c3ccccc3)c2c1.c1ccc(-c2ccc3c(c2)c2cc(-c4ccccc4)ccc2n3-c2ccc(-c3c4ccccc4c(-c4ccccc4)c4ccccc34)cc2)cc1.c1ccc(-c2ccc3c(c2)c2ccccc2n3-c2ccc(-c3c4ccccc4c(-c4ccccc4)c4ccccc34)cc2)cc1. The van der Waals surface area contributed by atoms with Crippen LogP contribution in [-0.2, 0) is 0 Å². The summed E-state index contributed by atoms with van der Waals surface area (Å²) in [5, 5.41) is 22.9. The minimum Gasteiger partial charge on any atom is -0.309 e. The summed E-state index contributed by atoms with van der Waals surface area (Å²) >= 11 is 0. The molecular formula is C139H93N3. The summed E-state index contributed by atoms with van der Waals surface area (Å²) in [4.78, 5) is 0. The molecule has 0 aliphatic rings. The highest BCUT2D eigenvalue weighted by Gasteiger charge is 2.25. The van der Waals surface area contributed by atoms with E-state index in [-0.39, 0.29) is 0 Å². The van der Waals surface area contributed by atoms with Crippen molar-refractivity contribution in [3.05, 3.63) is 552 Å². The maximum atomic E-state index is 2.42. The molecule has 0 radical (unpaired) electrons. The molecule has 0 bridgehead atoms. The number of para-hydroxylation sites is 2. The van der Waals surface area contributed by atoms with Crippen molar-refractivity contribution in [2.24, 2.45) is 0 Å². The average Bonchev–Trinajstić information content (AvgIpc) is 1.54. The van der Waals surface area contributed by atoms with Crippen molar-refractivity contribution in [1.29, 1.82) is 0 Å². The van der Waals surface area contributed by atoms with E-state index in [1.807, 2.05) is 0 Å². The maximum Gasteiger partial charge on any atom is 0.0541 e. The Labute approximate surface area is 824 Å². The van der Waals surface area contributed by atoms with Crippen LogP contribution in [0.15, 0.2) is 546 Å². The molecule has 0 fully saturated rings. The van der Waals surface area contributed by atoms with Crippen molar-refractivity contribution in [3.63, 3.8) is 0 Å². The molecule has 25 aromatic carbocycles. The van der Waals surface area contributed by atoms with E-state index in [2.05, 4.69) is 567 Å². The first-order chi connectivity index (χ1) is 70.4. The van der Waals surface area contributed by atoms with E-state index < -0.39 is 0 Å². The topological polar surface area (TPSA) is 14.8 Å². The molecule has 28 rings (SSSR count). The van der Waals surface area contributed by atoms with Crippen LogP contribution in [0.5, 0.6) is 0 Å². The summed E-state index contributed by atoms with van der Waals surface area (Å²) in [5.41, 5.74) is 36.9. The van der Waals surface area contributed by atoms with E-state index in [0.29, 0.717) is 0 Å². The van der Waals surface area contributed by atoms with Gasteiger partial charge in [0.15, 0.2) is 0 Å². The zero-order chi connectivity index (χ0) is 94.1. The lowest BCUT2D eigenvalue weighted by Gasteiger charge is -2.18. The van der Waals surface area contributed by atoms with Gasteiger partial charge in [0.1, 0.15) is 0 Å². The van der Waals surface area contributed by atoms with Gasteiger partial charge < -0.3 is 13.7 Å². The first-order valence-electron chi connectivity index (χ1n) is 49.1. The van der Waals surface area contributed by atoms with Crippen LogP contribution in [0, 0.1) is 6.92 Å². The molecule has 0 aliphatic carbocycles. The van der Waals surface area contributed by atoms with Crippen molar-refractivity contribution in [2.75, 3.05) is 0 Å². The third-order valence-corrected chi connectivity index (χ3v) is 29.0. The van der Waals surface area contributed by atoms with E-state index in [1.165, 1.54) is 247 Å². The van der Waals surface area contributed by atoms with E-state index in [9.17, 15) is 0 Å². The summed E-state index contributed by atoms with van der Waals surface area (Å²) in [5.74, 6) is 0. The quantitative estimate of drug-likeness (QED) is 0.102. The van der Waals surface area contributed by atoms with E-state index in [1.54, 1.807) is 0 Å². The Bertz CT molecular complexity index is 9500. The summed E-state index contributed by atoms with van der Waals surface area (Å²) in [6.07, 6.45) is 0. The van der Waals surface area contributed by atoms with Crippen LogP contribution in [0.3, 0.4) is 0 Å². The highest BCUT2D eigenvalue weighted by Crippen LogP contribution is 2.50. The first-order valence-corrected chi connectivity index (χ1v) is 49.1. The number of nitrogens with zero attached hydrogens (tertiary/aromatic N) is 3. The third-order valence-electron chi connectivity index (χ3n) is 29.0. The summed E-state index contributed by atoms with van der Waals surface area (Å²) in [6.45, 7) is 2.19. The molecule has 142 heavy (non-hydrogen) atoms. The fourth-order valence-electron chi connectivity index (χ4n) is 22.6. The highest BCUT2D eigenvalue weighted by molar-refractivity contribution is 6.25. The van der Waals surface area contributed by atoms with Gasteiger partial charge in [-0.3, -0.25) is 0 Å². The van der Waals surface area contributed by atoms with Gasteiger partial charge in [0.05, 0.1) is 33.1 Å². The van der Waals surface area contributed by atoms with Gasteiger partial charge in [0.25, 0.3) is 0 Å². The number of fused-ring (bicyclic) bond motifs is 15. The van der Waals surface area contributed by atoms with Crippen LogP contribution >= 0.6 is 0 Å². The van der Waals surface area contributed by atoms with Gasteiger partial charge in [0.2, 0.25) is 0 Å². The zero-order valence-corrected chi connectivity index (χ0v) is 78.3. The molecular weight excluding hydrogens is 1710 g/mol. The van der Waals surface area contributed by atoms with Crippen molar-refractivity contribution in [3.8, 4) is 128 Å². The van der Waals surface area contributed by atoms with Gasteiger partial charge in [-0.1, -0.05) is 454 Å². The van der Waals surface area contributed by atoms with Crippen LogP contribution in [0.25, 0.3) is 258 Å². The molecule has 664 valence electrons. The minimum absolute atomic E-state index is 1.15. The number of aryl methyl sites for hydroxylation is 1. The van der Waals surface area contributed by atoms with Crippen molar-refractivity contribution < 1.29 is 0 Å². The fraction of sp³-hybridized carbons (Fsp3) is 0.00719. The lowest BCUT2D eigenvalue weighted by atomic mass is 9.85. The zero-order valence-electron chi connectivity index (χ0n) is 78.3. The molecule has 0 unspecified atom stereocenters. The lowest BCUT2D eigenvalue weighted by molar-refractivity contribution is 1.18. The Balaban J connectivity index is 0.000000109. The molecule has 3 heteroatoms. The summed E-state index contributed by atoms with van der Waals surface area (Å²) in [7, 11) is 0. The van der Waals surface area contributed by atoms with E-state index in [4.69, 9.17) is 0 Å². The number of hydrogen-bond donors (Lipinski definition) is 0. The van der Waals surface area contributed by atoms with Crippen LogP contribution < -0.4 is 0 Å². The van der Waals surface area contributed by atoms with Gasteiger partial charge in [0, 0.05) is 49.4 Å². The number of rotatable bonds is 13. The van der Waals surface area contributed by atoms with Crippen molar-refractivity contribution in [1.82, 2.24) is 13.7 Å². The fourth-order valence-corrected chi connectivity index (χ4v) is 22.6. The van der Waals surface area contributed by atoms with Gasteiger partial charge in [-0.05, 0) is 280 Å². The second-order valence-corrected chi connectivity index (χ2v) is 37.2. The molecule has 28 aromatic rings. The molecule has 0 atom stereocenters. The lowest BCUT2D eigenvalue weighted by Crippen LogP contribution is -1.95. The molecule has 3 nitrogen and oxygen atoms in total. The molecule has 0 aliphatic heterocycles. The van der Waals surface area contributed by atoms with Crippen molar-refractivity contribution >= 4 is 130 Å². The smallest absolute Gasteiger partial charge is 0.0541 e. The van der Waals surface area contributed by atoms with Crippen molar-refractivity contribution in [2.45, 2.75) is 6.92 Å². The van der Waals surface area contributed by atoms with Gasteiger partial charge >= 0.3 is 0 Å². The minimum atomic E-state index is 1.15. The van der Waals surface area contributed by atoms with E-state index in [0.717, 1.165) is 17.1 Å². The van der Waals surface area contributed by atoms with E-state index >= 15 is 0 Å². The Morgan fingerprint density at radius 2 is 0.275 bits per heavy atom. The van der Waals surface area contributed by atoms with Crippen LogP contribution in [0.2, 0.25) is 0 Å². The van der Waals surface area contributed by atoms with Gasteiger partial charge in [-0.2, -0.15) is 0 Å². The molecule has 0 saturated carbocycles. The second-order valence-electron chi connectivity index (χ2n) is 37.2. The molecule has 0 amide bonds. The second kappa shape index (κ2) is 35.9. The summed E-state index contributed by atoms with van der Waals surface area (Å²) < 4.78 is 7.23.